The summed E-state index contributed by atoms with van der Waals surface area (Å²) in [4.78, 5) is 4.00. The van der Waals surface area contributed by atoms with E-state index in [2.05, 4.69) is 296 Å². The average molecular weight is 1310 g/mol. The molecule has 14 aromatic rings. The summed E-state index contributed by atoms with van der Waals surface area (Å²) in [5, 5.41) is 0. The Kier molecular flexibility index (Phi) is 13.9. The molecule has 4 aliphatic rings. The molecule has 0 fully saturated rings. The van der Waals surface area contributed by atoms with Gasteiger partial charge in [0, 0.05) is 34.9 Å². The molecule has 0 amide bonds. The van der Waals surface area contributed by atoms with Crippen molar-refractivity contribution in [3.05, 3.63) is 428 Å². The summed E-state index contributed by atoms with van der Waals surface area (Å²) in [7, 11) is 0. The number of anilines is 6. The zero-order valence-electron chi connectivity index (χ0n) is 56.2. The van der Waals surface area contributed by atoms with E-state index in [-0.39, 0.29) is 0 Å². The molecule has 0 aromatic heterocycles. The Morgan fingerprint density at radius 3 is 0.832 bits per heavy atom. The number of benzene rings is 14. The van der Waals surface area contributed by atoms with Crippen LogP contribution in [0.5, 0.6) is 0 Å². The van der Waals surface area contributed by atoms with E-state index in [1.54, 1.807) is 0 Å². The average Bonchev–Trinajstić information content (AvgIpc) is 1.51. The third-order valence-corrected chi connectivity index (χ3v) is 22.1. The van der Waals surface area contributed by atoms with Gasteiger partial charge in [-0.3, -0.25) is 0 Å². The van der Waals surface area contributed by atoms with Crippen LogP contribution in [0.2, 0.25) is 0 Å². The van der Waals surface area contributed by atoms with Crippen LogP contribution < -0.4 is 9.80 Å². The largest absolute Gasteiger partial charge is 0.310 e. The summed E-state index contributed by atoms with van der Waals surface area (Å²) in [6.45, 7) is 16.8. The molecule has 0 aliphatic heterocycles. The van der Waals surface area contributed by atoms with Crippen LogP contribution in [0.15, 0.2) is 304 Å². The molecular formula is C95H66F4N2. The van der Waals surface area contributed by atoms with Crippen molar-refractivity contribution in [3.8, 4) is 44.5 Å². The van der Waals surface area contributed by atoms with Crippen molar-refractivity contribution < 1.29 is 17.6 Å². The quantitative estimate of drug-likeness (QED) is 0.113. The van der Waals surface area contributed by atoms with Gasteiger partial charge in [-0.1, -0.05) is 243 Å². The Labute approximate surface area is 586 Å². The minimum Gasteiger partial charge on any atom is -0.310 e. The lowest BCUT2D eigenvalue weighted by molar-refractivity contribution is 0.583. The van der Waals surface area contributed by atoms with Gasteiger partial charge in [0.15, 0.2) is 0 Å². The molecule has 6 heteroatoms. The number of halogens is 4. The third-order valence-electron chi connectivity index (χ3n) is 22.1. The Morgan fingerprint density at radius 1 is 0.248 bits per heavy atom. The monoisotopic (exact) mass is 1310 g/mol. The van der Waals surface area contributed by atoms with Crippen LogP contribution in [0.3, 0.4) is 0 Å². The molecule has 0 bridgehead atoms. The molecule has 0 heterocycles. The molecule has 0 N–H and O–H groups in total. The Morgan fingerprint density at radius 2 is 0.525 bits per heavy atom. The summed E-state index contributed by atoms with van der Waals surface area (Å²) < 4.78 is 65.4. The van der Waals surface area contributed by atoms with Gasteiger partial charge in [0.05, 0.1) is 27.6 Å². The molecule has 2 nitrogen and oxygen atoms in total. The zero-order valence-corrected chi connectivity index (χ0v) is 56.2. The van der Waals surface area contributed by atoms with E-state index < -0.39 is 39.5 Å². The fraction of sp³-hybridized carbons (Fsp3) is 0.0737. The number of hydrogen-bond donors (Lipinski definition) is 0. The Bertz CT molecular complexity index is 5440. The van der Waals surface area contributed by atoms with Crippen LogP contribution >= 0.6 is 0 Å². The molecule has 1 spiro atoms. The van der Waals surface area contributed by atoms with Crippen molar-refractivity contribution in [2.75, 3.05) is 9.80 Å². The van der Waals surface area contributed by atoms with Crippen molar-refractivity contribution in [2.24, 2.45) is 0 Å². The van der Waals surface area contributed by atoms with Crippen molar-refractivity contribution in [1.29, 1.82) is 0 Å². The van der Waals surface area contributed by atoms with Gasteiger partial charge in [-0.25, -0.2) is 17.6 Å². The highest BCUT2D eigenvalue weighted by molar-refractivity contribution is 5.99. The molecule has 18 rings (SSSR count). The first-order valence-electron chi connectivity index (χ1n) is 34.3. The van der Waals surface area contributed by atoms with Crippen LogP contribution in [-0.4, -0.2) is 0 Å². The van der Waals surface area contributed by atoms with Crippen LogP contribution in [0.1, 0.15) is 100 Å². The molecule has 0 saturated heterocycles. The molecule has 101 heavy (non-hydrogen) atoms. The lowest BCUT2D eigenvalue weighted by Gasteiger charge is -2.36. The maximum absolute atomic E-state index is 16.3. The molecule has 0 radical (unpaired) electrons. The van der Waals surface area contributed by atoms with E-state index >= 15 is 17.6 Å². The number of rotatable bonds is 12. The van der Waals surface area contributed by atoms with Gasteiger partial charge in [0.1, 0.15) is 23.3 Å². The molecule has 14 aromatic carbocycles. The highest BCUT2D eigenvalue weighted by Crippen LogP contribution is 2.66. The fourth-order valence-corrected chi connectivity index (χ4v) is 18.0. The van der Waals surface area contributed by atoms with Crippen molar-refractivity contribution in [1.82, 2.24) is 0 Å². The van der Waals surface area contributed by atoms with Crippen molar-refractivity contribution in [3.63, 3.8) is 0 Å². The van der Waals surface area contributed by atoms with E-state index in [4.69, 9.17) is 0 Å². The fourth-order valence-electron chi connectivity index (χ4n) is 18.0. The van der Waals surface area contributed by atoms with E-state index in [0.29, 0.717) is 34.1 Å². The Balaban J connectivity index is 0.873. The molecule has 2 atom stereocenters. The summed E-state index contributed by atoms with van der Waals surface area (Å²) in [6.07, 6.45) is 3.72. The van der Waals surface area contributed by atoms with Gasteiger partial charge in [0.25, 0.3) is 0 Å². The summed E-state index contributed by atoms with van der Waals surface area (Å²) in [5.74, 6) is -2.85. The summed E-state index contributed by atoms with van der Waals surface area (Å²) in [5.41, 5.74) is 28.3. The van der Waals surface area contributed by atoms with E-state index in [1.807, 2.05) is 22.0 Å². The molecule has 4 aliphatic carbocycles. The van der Waals surface area contributed by atoms with Gasteiger partial charge in [-0.15, -0.1) is 0 Å². The van der Waals surface area contributed by atoms with E-state index in [0.717, 1.165) is 157 Å². The third kappa shape index (κ3) is 8.90. The van der Waals surface area contributed by atoms with Crippen molar-refractivity contribution >= 4 is 46.3 Å². The summed E-state index contributed by atoms with van der Waals surface area (Å²) in [6, 6.07) is 98.4. The first-order valence-corrected chi connectivity index (χ1v) is 34.3. The maximum Gasteiger partial charge on any atom is 0.128 e. The number of hydrogen-bond acceptors (Lipinski definition) is 2. The molecular weight excluding hydrogens is 1250 g/mol. The lowest BCUT2D eigenvalue weighted by atomic mass is 9.66. The van der Waals surface area contributed by atoms with Gasteiger partial charge < -0.3 is 9.80 Å². The predicted octanol–water partition coefficient (Wildman–Crippen LogP) is 24.8. The molecule has 484 valence electrons. The van der Waals surface area contributed by atoms with E-state index in [1.165, 1.54) is 24.3 Å². The second-order valence-corrected chi connectivity index (χ2v) is 27.6. The first kappa shape index (κ1) is 61.2. The number of aryl methyl sites for hydroxylation is 4. The first-order chi connectivity index (χ1) is 49.2. The van der Waals surface area contributed by atoms with Crippen LogP contribution in [0, 0.1) is 51.0 Å². The van der Waals surface area contributed by atoms with Gasteiger partial charge in [-0.05, 0) is 234 Å². The van der Waals surface area contributed by atoms with Crippen LogP contribution in [0.25, 0.3) is 56.7 Å². The second-order valence-electron chi connectivity index (χ2n) is 27.6. The molecule has 2 unspecified atom stereocenters. The topological polar surface area (TPSA) is 6.48 Å². The normalized spacial score (nSPS) is 16.7. The standard InChI is InChI=1S/C95H66F4N2/c1-7-61-29-33-63(34-30-61)93(87-45-57(3)25-27-59(87)5)83-21-13-9-17-75(83)79-41-37-69(53-89(79)93)100(73-49-65(96)47-66(97)50-73)71-39-43-81-77-19-11-15-23-85(77)95(91(81)55-71)86-24-16-12-20-78(86)82-44-40-72(56-92(82)95)101(74-51-67(98)48-68(99)52-74)70-38-42-80-76-18-10-14-22-84(76)94(90(80)54-70,64-35-31-62(8-2)32-36-64)88-46-58(4)26-28-60(88)6/h7-56H,1-2H2,3-6H3. The second kappa shape index (κ2) is 23.0. The smallest absolute Gasteiger partial charge is 0.128 e. The highest BCUT2D eigenvalue weighted by Gasteiger charge is 2.54. The number of nitrogens with zero attached hydrogens (tertiary/aromatic N) is 2. The minimum absolute atomic E-state index is 0.301. The predicted molar refractivity (Wildman–Crippen MR) is 406 cm³/mol. The zero-order chi connectivity index (χ0) is 68.8. The SMILES string of the molecule is C=Cc1ccc(C2(c3cc(C)ccc3C)c3ccccc3-c3ccc(N(c4cc(F)cc(F)c4)c4ccc5c(c4)C4(c6ccccc6-5)c5ccccc5-c5ccc(N(c6cc(F)cc(F)c6)c6ccc7c(c6)C(c6ccc(C=C)cc6)(c6cc(C)ccc6C)c6ccccc6-7)cc54)cc32)cc1. The van der Waals surface area contributed by atoms with Crippen LogP contribution in [-0.2, 0) is 16.2 Å². The van der Waals surface area contributed by atoms with E-state index in [9.17, 15) is 0 Å². The van der Waals surface area contributed by atoms with Crippen LogP contribution in [0.4, 0.5) is 51.7 Å². The summed E-state index contributed by atoms with van der Waals surface area (Å²) >= 11 is 0. The maximum atomic E-state index is 16.3. The highest BCUT2D eigenvalue weighted by atomic mass is 19.1. The molecule has 0 saturated carbocycles. The van der Waals surface area contributed by atoms with Gasteiger partial charge in [0.2, 0.25) is 0 Å². The van der Waals surface area contributed by atoms with Crippen molar-refractivity contribution in [2.45, 2.75) is 43.9 Å². The Hall–Kier alpha value is -12.1. The minimum atomic E-state index is -1.01. The van der Waals surface area contributed by atoms with Gasteiger partial charge in [-0.2, -0.15) is 0 Å². The van der Waals surface area contributed by atoms with Gasteiger partial charge >= 0.3 is 0 Å². The number of fused-ring (bicyclic) bond motifs is 16. The lowest BCUT2D eigenvalue weighted by Crippen LogP contribution is -2.30.